The standard InChI is InChI=1S/C18H14F3N3O3/c1-17(12-7-3-2-4-8-12)15(26)24(16(27)22-17)23-14(25)11-6-5-9-13(10-11)18(19,20)21/h2-10H,1H3,(H,22,27)(H,23,25)/t17-/m1/s1. The Morgan fingerprint density at radius 2 is 1.74 bits per heavy atom. The number of amides is 4. The summed E-state index contributed by atoms with van der Waals surface area (Å²) in [6.07, 6.45) is -4.62. The zero-order valence-electron chi connectivity index (χ0n) is 14.0. The third kappa shape index (κ3) is 3.35. The van der Waals surface area contributed by atoms with Gasteiger partial charge in [0.2, 0.25) is 0 Å². The number of carbonyl (C=O) groups is 3. The highest BCUT2D eigenvalue weighted by atomic mass is 19.4. The van der Waals surface area contributed by atoms with Crippen LogP contribution in [0.1, 0.15) is 28.4 Å². The Labute approximate surface area is 151 Å². The van der Waals surface area contributed by atoms with Gasteiger partial charge in [-0.2, -0.15) is 18.2 Å². The lowest BCUT2D eigenvalue weighted by atomic mass is 9.92. The number of rotatable bonds is 3. The highest BCUT2D eigenvalue weighted by Gasteiger charge is 2.50. The number of imide groups is 1. The fourth-order valence-electron chi connectivity index (χ4n) is 2.71. The first-order chi connectivity index (χ1) is 12.6. The van der Waals surface area contributed by atoms with E-state index in [4.69, 9.17) is 0 Å². The zero-order valence-corrected chi connectivity index (χ0v) is 14.0. The first kappa shape index (κ1) is 18.4. The van der Waals surface area contributed by atoms with Crippen LogP contribution in [0.25, 0.3) is 0 Å². The number of benzene rings is 2. The SMILES string of the molecule is C[C@]1(c2ccccc2)NC(=O)N(NC(=O)c2cccc(C(F)(F)F)c2)C1=O. The van der Waals surface area contributed by atoms with Gasteiger partial charge in [-0.3, -0.25) is 15.0 Å². The average Bonchev–Trinajstić information content (AvgIpc) is 2.86. The summed E-state index contributed by atoms with van der Waals surface area (Å²) in [5.74, 6) is -1.76. The summed E-state index contributed by atoms with van der Waals surface area (Å²) in [6.45, 7) is 1.47. The average molecular weight is 377 g/mol. The van der Waals surface area contributed by atoms with E-state index in [1.54, 1.807) is 30.3 Å². The molecule has 0 unspecified atom stereocenters. The Hall–Kier alpha value is -3.36. The second-order valence-corrected chi connectivity index (χ2v) is 6.08. The number of urea groups is 1. The molecule has 1 saturated heterocycles. The Balaban J connectivity index is 1.83. The summed E-state index contributed by atoms with van der Waals surface area (Å²) >= 11 is 0. The molecule has 0 aromatic heterocycles. The van der Waals surface area contributed by atoms with E-state index in [-0.39, 0.29) is 5.56 Å². The monoisotopic (exact) mass is 377 g/mol. The number of hydrogen-bond acceptors (Lipinski definition) is 3. The van der Waals surface area contributed by atoms with Gasteiger partial charge in [0.1, 0.15) is 5.54 Å². The van der Waals surface area contributed by atoms with Gasteiger partial charge in [0, 0.05) is 5.56 Å². The van der Waals surface area contributed by atoms with E-state index in [0.29, 0.717) is 16.6 Å². The number of halogens is 3. The maximum Gasteiger partial charge on any atom is 0.416 e. The first-order valence-electron chi connectivity index (χ1n) is 7.83. The first-order valence-corrected chi connectivity index (χ1v) is 7.83. The van der Waals surface area contributed by atoms with Crippen molar-refractivity contribution in [2.45, 2.75) is 18.6 Å². The molecule has 0 saturated carbocycles. The predicted molar refractivity (Wildman–Crippen MR) is 88.1 cm³/mol. The lowest BCUT2D eigenvalue weighted by molar-refractivity contribution is -0.137. The van der Waals surface area contributed by atoms with Gasteiger partial charge in [0.15, 0.2) is 0 Å². The van der Waals surface area contributed by atoms with Gasteiger partial charge < -0.3 is 5.32 Å². The molecule has 1 aliphatic heterocycles. The smallest absolute Gasteiger partial charge is 0.318 e. The molecule has 0 radical (unpaired) electrons. The third-order valence-electron chi connectivity index (χ3n) is 4.21. The summed E-state index contributed by atoms with van der Waals surface area (Å²) in [5, 5.41) is 2.95. The molecule has 27 heavy (non-hydrogen) atoms. The molecule has 1 aliphatic rings. The summed E-state index contributed by atoms with van der Waals surface area (Å²) in [7, 11) is 0. The zero-order chi connectivity index (χ0) is 19.8. The number of carbonyl (C=O) groups excluding carboxylic acids is 3. The normalized spacial score (nSPS) is 19.8. The summed E-state index contributed by atoms with van der Waals surface area (Å²) in [6, 6.07) is 11.2. The van der Waals surface area contributed by atoms with E-state index >= 15 is 0 Å². The van der Waals surface area contributed by atoms with Gasteiger partial charge in [-0.25, -0.2) is 4.79 Å². The van der Waals surface area contributed by atoms with E-state index in [2.05, 4.69) is 10.7 Å². The van der Waals surface area contributed by atoms with Crippen LogP contribution in [0, 0.1) is 0 Å². The van der Waals surface area contributed by atoms with Crippen LogP contribution in [-0.2, 0) is 16.5 Å². The van der Waals surface area contributed by atoms with E-state index in [1.165, 1.54) is 6.92 Å². The van der Waals surface area contributed by atoms with Crippen molar-refractivity contribution in [2.24, 2.45) is 0 Å². The van der Waals surface area contributed by atoms with E-state index < -0.39 is 35.1 Å². The second-order valence-electron chi connectivity index (χ2n) is 6.08. The van der Waals surface area contributed by atoms with E-state index in [9.17, 15) is 27.6 Å². The molecule has 1 heterocycles. The molecular formula is C18H14F3N3O3. The van der Waals surface area contributed by atoms with Crippen LogP contribution in [0.4, 0.5) is 18.0 Å². The van der Waals surface area contributed by atoms with E-state index in [1.807, 2.05) is 0 Å². The Bertz CT molecular complexity index is 915. The van der Waals surface area contributed by atoms with Crippen LogP contribution in [0.5, 0.6) is 0 Å². The van der Waals surface area contributed by atoms with Crippen LogP contribution in [0.2, 0.25) is 0 Å². The topological polar surface area (TPSA) is 78.5 Å². The molecule has 2 aromatic carbocycles. The molecule has 0 aliphatic carbocycles. The Morgan fingerprint density at radius 1 is 1.07 bits per heavy atom. The lowest BCUT2D eigenvalue weighted by Crippen LogP contribution is -2.47. The molecule has 3 rings (SSSR count). The minimum absolute atomic E-state index is 0.335. The number of nitrogens with one attached hydrogen (secondary N) is 2. The summed E-state index contributed by atoms with van der Waals surface area (Å²) < 4.78 is 38.4. The van der Waals surface area contributed by atoms with Crippen molar-refractivity contribution >= 4 is 17.8 Å². The van der Waals surface area contributed by atoms with Gasteiger partial charge in [0.25, 0.3) is 11.8 Å². The van der Waals surface area contributed by atoms with Crippen LogP contribution in [0.3, 0.4) is 0 Å². The number of nitrogens with zero attached hydrogens (tertiary/aromatic N) is 1. The maximum atomic E-state index is 12.8. The fraction of sp³-hybridized carbons (Fsp3) is 0.167. The number of hydrogen-bond donors (Lipinski definition) is 2. The molecule has 1 fully saturated rings. The second kappa shape index (κ2) is 6.42. The summed E-state index contributed by atoms with van der Waals surface area (Å²) in [4.78, 5) is 37.1. The third-order valence-corrected chi connectivity index (χ3v) is 4.21. The van der Waals surface area contributed by atoms with Crippen molar-refractivity contribution in [1.82, 2.24) is 15.8 Å². The summed E-state index contributed by atoms with van der Waals surface area (Å²) in [5.41, 5.74) is -0.187. The van der Waals surface area contributed by atoms with Gasteiger partial charge in [-0.1, -0.05) is 36.4 Å². The quantitative estimate of drug-likeness (QED) is 0.808. The van der Waals surface area contributed by atoms with E-state index in [0.717, 1.165) is 18.2 Å². The number of alkyl halides is 3. The molecule has 9 heteroatoms. The van der Waals surface area contributed by atoms with Crippen molar-refractivity contribution in [3.8, 4) is 0 Å². The van der Waals surface area contributed by atoms with Crippen molar-refractivity contribution in [2.75, 3.05) is 0 Å². The van der Waals surface area contributed by atoms with Crippen molar-refractivity contribution in [3.05, 3.63) is 71.3 Å². The van der Waals surface area contributed by atoms with Crippen LogP contribution >= 0.6 is 0 Å². The van der Waals surface area contributed by atoms with Gasteiger partial charge in [0.05, 0.1) is 5.56 Å². The molecule has 1 atom stereocenters. The molecule has 6 nitrogen and oxygen atoms in total. The van der Waals surface area contributed by atoms with Crippen LogP contribution in [0.15, 0.2) is 54.6 Å². The van der Waals surface area contributed by atoms with Gasteiger partial charge >= 0.3 is 12.2 Å². The van der Waals surface area contributed by atoms with Gasteiger partial charge in [-0.15, -0.1) is 0 Å². The molecule has 140 valence electrons. The highest BCUT2D eigenvalue weighted by molar-refractivity contribution is 6.09. The van der Waals surface area contributed by atoms with Crippen molar-refractivity contribution in [3.63, 3.8) is 0 Å². The van der Waals surface area contributed by atoms with Crippen molar-refractivity contribution in [1.29, 1.82) is 0 Å². The molecule has 4 amide bonds. The van der Waals surface area contributed by atoms with Crippen LogP contribution in [-0.4, -0.2) is 22.9 Å². The molecular weight excluding hydrogens is 363 g/mol. The molecule has 0 spiro atoms. The largest absolute Gasteiger partial charge is 0.416 e. The van der Waals surface area contributed by atoms with Crippen molar-refractivity contribution < 1.29 is 27.6 Å². The maximum absolute atomic E-state index is 12.8. The fourth-order valence-corrected chi connectivity index (χ4v) is 2.71. The highest BCUT2D eigenvalue weighted by Crippen LogP contribution is 2.30. The molecule has 2 N–H and O–H groups in total. The van der Waals surface area contributed by atoms with Gasteiger partial charge in [-0.05, 0) is 30.7 Å². The predicted octanol–water partition coefficient (Wildman–Crippen LogP) is 2.82. The Morgan fingerprint density at radius 3 is 2.37 bits per heavy atom. The lowest BCUT2D eigenvalue weighted by Gasteiger charge is -2.22. The number of hydrazine groups is 1. The van der Waals surface area contributed by atoms with Crippen LogP contribution < -0.4 is 10.7 Å². The molecule has 2 aromatic rings. The Kier molecular flexibility index (Phi) is 4.38. The molecule has 0 bridgehead atoms. The minimum atomic E-state index is -4.62. The minimum Gasteiger partial charge on any atom is -0.318 e.